The van der Waals surface area contributed by atoms with E-state index >= 15 is 0 Å². The summed E-state index contributed by atoms with van der Waals surface area (Å²) in [5, 5.41) is 0. The summed E-state index contributed by atoms with van der Waals surface area (Å²) in [5.41, 5.74) is 0.0137. The first kappa shape index (κ1) is 22.5. The summed E-state index contributed by atoms with van der Waals surface area (Å²) in [6.45, 7) is 2.57. The molecule has 3 aromatic rings. The minimum atomic E-state index is -4.68. The summed E-state index contributed by atoms with van der Waals surface area (Å²) in [7, 11) is 1.88. The largest absolute Gasteiger partial charge is 0.473 e. The Labute approximate surface area is 185 Å². The standard InChI is InChI=1S/C21H19F4N5O3/c1-12-5-6-30-18(29(12)2)8-17(28-20(30)31)32-11-13-3-4-16(15(22)7-13)33-14-9-26-19(27-10-14)21(23,24)25/h3-4,7-10,12H,5-6,11H2,1-2H3/t12-/m0/s1. The van der Waals surface area contributed by atoms with Crippen molar-refractivity contribution in [2.75, 3.05) is 11.9 Å². The minimum absolute atomic E-state index is 0.0598. The average molecular weight is 465 g/mol. The van der Waals surface area contributed by atoms with Crippen molar-refractivity contribution in [3.05, 3.63) is 64.3 Å². The maximum atomic E-state index is 14.4. The molecule has 0 N–H and O–H groups in total. The first-order chi connectivity index (χ1) is 15.6. The summed E-state index contributed by atoms with van der Waals surface area (Å²) in [5.74, 6) is -1.64. The molecular formula is C21H19F4N5O3. The Kier molecular flexibility index (Phi) is 5.91. The molecule has 0 bridgehead atoms. The van der Waals surface area contributed by atoms with E-state index in [1.807, 2.05) is 11.9 Å². The second-order valence-corrected chi connectivity index (χ2v) is 7.53. The SMILES string of the molecule is C[C@H]1CCn2c(cc(OCc3ccc(Oc4cnc(C(F)(F)F)nc4)c(F)c3)nc2=O)N1C. The molecule has 174 valence electrons. The lowest BCUT2D eigenvalue weighted by Crippen LogP contribution is -2.41. The summed E-state index contributed by atoms with van der Waals surface area (Å²) in [4.78, 5) is 24.5. The van der Waals surface area contributed by atoms with E-state index in [2.05, 4.69) is 21.9 Å². The summed E-state index contributed by atoms with van der Waals surface area (Å²) < 4.78 is 64.4. The monoisotopic (exact) mass is 465 g/mol. The number of hydrogen-bond donors (Lipinski definition) is 0. The van der Waals surface area contributed by atoms with Gasteiger partial charge in [0.15, 0.2) is 17.3 Å². The van der Waals surface area contributed by atoms with Gasteiger partial charge in [-0.15, -0.1) is 0 Å². The summed E-state index contributed by atoms with van der Waals surface area (Å²) >= 11 is 0. The van der Waals surface area contributed by atoms with Gasteiger partial charge in [-0.1, -0.05) is 6.07 Å². The van der Waals surface area contributed by atoms with E-state index in [9.17, 15) is 22.4 Å². The quantitative estimate of drug-likeness (QED) is 0.531. The maximum absolute atomic E-state index is 14.4. The molecular weight excluding hydrogens is 446 g/mol. The molecule has 8 nitrogen and oxygen atoms in total. The van der Waals surface area contributed by atoms with Crippen LogP contribution in [0.2, 0.25) is 0 Å². The lowest BCUT2D eigenvalue weighted by molar-refractivity contribution is -0.145. The number of ether oxygens (including phenoxy) is 2. The van der Waals surface area contributed by atoms with Gasteiger partial charge in [-0.05, 0) is 31.0 Å². The number of benzene rings is 1. The normalized spacial score (nSPS) is 15.8. The Morgan fingerprint density at radius 2 is 1.91 bits per heavy atom. The number of anilines is 1. The fourth-order valence-corrected chi connectivity index (χ4v) is 3.30. The summed E-state index contributed by atoms with van der Waals surface area (Å²) in [6.07, 6.45) is -2.23. The van der Waals surface area contributed by atoms with Gasteiger partial charge in [0.1, 0.15) is 12.4 Å². The Morgan fingerprint density at radius 3 is 2.58 bits per heavy atom. The van der Waals surface area contributed by atoms with Crippen LogP contribution in [0.15, 0.2) is 41.5 Å². The third kappa shape index (κ3) is 4.89. The third-order valence-electron chi connectivity index (χ3n) is 5.25. The second-order valence-electron chi connectivity index (χ2n) is 7.53. The highest BCUT2D eigenvalue weighted by molar-refractivity contribution is 5.44. The summed E-state index contributed by atoms with van der Waals surface area (Å²) in [6, 6.07) is 5.89. The molecule has 4 rings (SSSR count). The molecule has 3 heterocycles. The van der Waals surface area contributed by atoms with Crippen molar-refractivity contribution in [1.29, 1.82) is 0 Å². The molecule has 0 unspecified atom stereocenters. The van der Waals surface area contributed by atoms with Crippen LogP contribution in [0.25, 0.3) is 0 Å². The molecule has 0 fully saturated rings. The highest BCUT2D eigenvalue weighted by atomic mass is 19.4. The van der Waals surface area contributed by atoms with Gasteiger partial charge in [0.05, 0.1) is 12.4 Å². The predicted molar refractivity (Wildman–Crippen MR) is 109 cm³/mol. The molecule has 0 saturated carbocycles. The maximum Gasteiger partial charge on any atom is 0.451 e. The molecule has 0 amide bonds. The van der Waals surface area contributed by atoms with Crippen LogP contribution in [-0.2, 0) is 19.3 Å². The van der Waals surface area contributed by atoms with Crippen molar-refractivity contribution in [1.82, 2.24) is 19.5 Å². The first-order valence-electron chi connectivity index (χ1n) is 9.95. The number of hydrogen-bond acceptors (Lipinski definition) is 7. The zero-order chi connectivity index (χ0) is 23.8. The Morgan fingerprint density at radius 1 is 1.18 bits per heavy atom. The minimum Gasteiger partial charge on any atom is -0.473 e. The zero-order valence-corrected chi connectivity index (χ0v) is 17.6. The zero-order valence-electron chi connectivity index (χ0n) is 17.6. The molecule has 1 aliphatic heterocycles. The van der Waals surface area contributed by atoms with Crippen LogP contribution in [0, 0.1) is 5.82 Å². The lowest BCUT2D eigenvalue weighted by atomic mass is 10.1. The van der Waals surface area contributed by atoms with Gasteiger partial charge in [-0.25, -0.2) is 19.2 Å². The van der Waals surface area contributed by atoms with E-state index in [4.69, 9.17) is 9.47 Å². The van der Waals surface area contributed by atoms with Crippen LogP contribution in [0.1, 0.15) is 24.7 Å². The van der Waals surface area contributed by atoms with Crippen LogP contribution in [-0.4, -0.2) is 32.6 Å². The van der Waals surface area contributed by atoms with Gasteiger partial charge in [0.25, 0.3) is 0 Å². The molecule has 0 aliphatic carbocycles. The van der Waals surface area contributed by atoms with Crippen molar-refractivity contribution < 1.29 is 27.0 Å². The van der Waals surface area contributed by atoms with E-state index in [0.717, 1.165) is 24.9 Å². The van der Waals surface area contributed by atoms with Crippen molar-refractivity contribution in [3.63, 3.8) is 0 Å². The van der Waals surface area contributed by atoms with Gasteiger partial charge >= 0.3 is 11.9 Å². The molecule has 0 saturated heterocycles. The van der Waals surface area contributed by atoms with Crippen LogP contribution < -0.4 is 20.1 Å². The average Bonchev–Trinajstić information content (AvgIpc) is 2.76. The predicted octanol–water partition coefficient (Wildman–Crippen LogP) is 3.79. The molecule has 33 heavy (non-hydrogen) atoms. The fraction of sp³-hybridized carbons (Fsp3) is 0.333. The number of alkyl halides is 3. The highest BCUT2D eigenvalue weighted by Gasteiger charge is 2.34. The Balaban J connectivity index is 1.44. The van der Waals surface area contributed by atoms with Crippen LogP contribution in [0.3, 0.4) is 0 Å². The Hall–Kier alpha value is -3.70. The number of rotatable bonds is 5. The van der Waals surface area contributed by atoms with Gasteiger partial charge in [0, 0.05) is 25.7 Å². The fourth-order valence-electron chi connectivity index (χ4n) is 3.30. The van der Waals surface area contributed by atoms with E-state index in [0.29, 0.717) is 17.9 Å². The van der Waals surface area contributed by atoms with Crippen molar-refractivity contribution >= 4 is 5.82 Å². The van der Waals surface area contributed by atoms with Crippen molar-refractivity contribution in [2.45, 2.75) is 38.7 Å². The molecule has 0 spiro atoms. The van der Waals surface area contributed by atoms with Gasteiger partial charge < -0.3 is 14.4 Å². The first-order valence-corrected chi connectivity index (χ1v) is 9.95. The van der Waals surface area contributed by atoms with E-state index < -0.39 is 23.5 Å². The van der Waals surface area contributed by atoms with E-state index in [-0.39, 0.29) is 30.0 Å². The van der Waals surface area contributed by atoms with Gasteiger partial charge in [-0.2, -0.15) is 18.2 Å². The molecule has 0 radical (unpaired) electrons. The molecule has 2 aromatic heterocycles. The van der Waals surface area contributed by atoms with E-state index in [1.165, 1.54) is 12.1 Å². The second kappa shape index (κ2) is 8.68. The highest BCUT2D eigenvalue weighted by Crippen LogP contribution is 2.29. The topological polar surface area (TPSA) is 82.4 Å². The van der Waals surface area contributed by atoms with Crippen LogP contribution in [0.5, 0.6) is 17.4 Å². The van der Waals surface area contributed by atoms with Crippen molar-refractivity contribution in [3.8, 4) is 17.4 Å². The number of halogens is 4. The van der Waals surface area contributed by atoms with Crippen LogP contribution in [0.4, 0.5) is 23.4 Å². The number of nitrogens with zero attached hydrogens (tertiary/aromatic N) is 5. The van der Waals surface area contributed by atoms with E-state index in [1.54, 1.807) is 10.6 Å². The smallest absolute Gasteiger partial charge is 0.451 e. The third-order valence-corrected chi connectivity index (χ3v) is 5.25. The molecule has 1 atom stereocenters. The molecule has 1 aromatic carbocycles. The number of aromatic nitrogens is 4. The lowest BCUT2D eigenvalue weighted by Gasteiger charge is -2.34. The van der Waals surface area contributed by atoms with Gasteiger partial charge in [-0.3, -0.25) is 4.57 Å². The van der Waals surface area contributed by atoms with Crippen LogP contribution >= 0.6 is 0 Å². The van der Waals surface area contributed by atoms with Crippen molar-refractivity contribution in [2.24, 2.45) is 0 Å². The molecule has 12 heteroatoms. The number of fused-ring (bicyclic) bond motifs is 1. The van der Waals surface area contributed by atoms with Gasteiger partial charge in [0.2, 0.25) is 11.7 Å². The molecule has 1 aliphatic rings. The Bertz CT molecular complexity index is 1210.